The fraction of sp³-hybridized carbons (Fsp3) is 0.500. The van der Waals surface area contributed by atoms with Crippen molar-refractivity contribution >= 4 is 5.71 Å². The summed E-state index contributed by atoms with van der Waals surface area (Å²) >= 11 is 0. The summed E-state index contributed by atoms with van der Waals surface area (Å²) in [6, 6.07) is 8.37. The molecule has 0 saturated heterocycles. The van der Waals surface area contributed by atoms with Gasteiger partial charge in [-0.25, -0.2) is 0 Å². The van der Waals surface area contributed by atoms with Gasteiger partial charge in [0.1, 0.15) is 0 Å². The minimum atomic E-state index is 0.131. The van der Waals surface area contributed by atoms with Crippen LogP contribution >= 0.6 is 0 Å². The van der Waals surface area contributed by atoms with E-state index in [4.69, 9.17) is 25.0 Å². The van der Waals surface area contributed by atoms with Gasteiger partial charge in [-0.05, 0) is 37.0 Å². The van der Waals surface area contributed by atoms with E-state index in [2.05, 4.69) is 12.1 Å². The molecule has 0 radical (unpaired) electrons. The first kappa shape index (κ1) is 16.8. The number of ether oxygens (including phenoxy) is 2. The van der Waals surface area contributed by atoms with Crippen molar-refractivity contribution in [2.24, 2.45) is 10.9 Å². The molecule has 0 saturated carbocycles. The molecule has 23 heavy (non-hydrogen) atoms. The van der Waals surface area contributed by atoms with Gasteiger partial charge in [0.25, 0.3) is 0 Å². The summed E-state index contributed by atoms with van der Waals surface area (Å²) in [5.41, 5.74) is 3.25. The van der Waals surface area contributed by atoms with Crippen molar-refractivity contribution in [2.75, 3.05) is 20.8 Å². The Morgan fingerprint density at radius 1 is 1.09 bits per heavy atom. The number of nitriles is 2. The molecule has 0 spiro atoms. The number of rotatable bonds is 7. The molecule has 1 aromatic carbocycles. The number of methoxy groups -OCH3 is 2. The van der Waals surface area contributed by atoms with Crippen molar-refractivity contribution < 1.29 is 9.47 Å². The van der Waals surface area contributed by atoms with Gasteiger partial charge in [0.15, 0.2) is 11.5 Å². The standard InChI is InChI=1S/C18H21N3O2/c1-22-16-11-14-7-10-21-18(15(14)12-17(16)23-2)13(5-3-8-19)6-4-9-20/h11-13H,3-7,10H2,1-2H3. The highest BCUT2D eigenvalue weighted by Crippen LogP contribution is 2.35. The topological polar surface area (TPSA) is 78.4 Å². The molecule has 0 unspecified atom stereocenters. The molecule has 5 heteroatoms. The number of aliphatic imine (C=N–C) groups is 1. The number of hydrogen-bond acceptors (Lipinski definition) is 5. The van der Waals surface area contributed by atoms with Crippen molar-refractivity contribution in [3.63, 3.8) is 0 Å². The van der Waals surface area contributed by atoms with Crippen molar-refractivity contribution in [1.82, 2.24) is 0 Å². The number of hydrogen-bond donors (Lipinski definition) is 0. The quantitative estimate of drug-likeness (QED) is 0.774. The van der Waals surface area contributed by atoms with Gasteiger partial charge in [-0.2, -0.15) is 10.5 Å². The maximum absolute atomic E-state index is 8.89. The molecule has 1 aliphatic heterocycles. The monoisotopic (exact) mass is 311 g/mol. The summed E-state index contributed by atoms with van der Waals surface area (Å²) in [6.07, 6.45) is 3.26. The van der Waals surface area contributed by atoms with E-state index in [1.165, 1.54) is 5.56 Å². The Labute approximate surface area is 137 Å². The predicted molar refractivity (Wildman–Crippen MR) is 87.8 cm³/mol. The first-order valence-electron chi connectivity index (χ1n) is 7.78. The van der Waals surface area contributed by atoms with E-state index in [-0.39, 0.29) is 5.92 Å². The van der Waals surface area contributed by atoms with E-state index in [0.29, 0.717) is 18.6 Å². The van der Waals surface area contributed by atoms with Gasteiger partial charge in [0, 0.05) is 36.6 Å². The zero-order valence-electron chi connectivity index (χ0n) is 13.6. The van der Waals surface area contributed by atoms with Gasteiger partial charge in [-0.15, -0.1) is 0 Å². The predicted octanol–water partition coefficient (Wildman–Crippen LogP) is 3.27. The zero-order valence-corrected chi connectivity index (χ0v) is 13.6. The van der Waals surface area contributed by atoms with Crippen LogP contribution in [0.25, 0.3) is 0 Å². The van der Waals surface area contributed by atoms with Crippen LogP contribution < -0.4 is 9.47 Å². The van der Waals surface area contributed by atoms with Crippen LogP contribution in [0.4, 0.5) is 0 Å². The molecule has 120 valence electrons. The van der Waals surface area contributed by atoms with Crippen LogP contribution in [0, 0.1) is 28.6 Å². The summed E-state index contributed by atoms with van der Waals surface area (Å²) in [5, 5.41) is 17.8. The van der Waals surface area contributed by atoms with E-state index < -0.39 is 0 Å². The van der Waals surface area contributed by atoms with Gasteiger partial charge >= 0.3 is 0 Å². The van der Waals surface area contributed by atoms with Crippen molar-refractivity contribution in [1.29, 1.82) is 10.5 Å². The van der Waals surface area contributed by atoms with Crippen LogP contribution in [0.15, 0.2) is 17.1 Å². The average Bonchev–Trinajstić information content (AvgIpc) is 2.60. The van der Waals surface area contributed by atoms with Crippen molar-refractivity contribution in [3.05, 3.63) is 23.3 Å². The average molecular weight is 311 g/mol. The highest BCUT2D eigenvalue weighted by molar-refractivity contribution is 6.04. The van der Waals surface area contributed by atoms with Crippen LogP contribution in [0.1, 0.15) is 36.8 Å². The molecule has 0 amide bonds. The smallest absolute Gasteiger partial charge is 0.161 e. The van der Waals surface area contributed by atoms with Gasteiger partial charge in [0.05, 0.1) is 26.4 Å². The van der Waals surface area contributed by atoms with Crippen molar-refractivity contribution in [2.45, 2.75) is 32.1 Å². The fourth-order valence-electron chi connectivity index (χ4n) is 2.99. The Kier molecular flexibility index (Phi) is 6.00. The molecule has 1 heterocycles. The number of benzene rings is 1. The fourth-order valence-corrected chi connectivity index (χ4v) is 2.99. The molecule has 1 aliphatic rings. The van der Waals surface area contributed by atoms with Gasteiger partial charge in [-0.3, -0.25) is 4.99 Å². The Morgan fingerprint density at radius 3 is 2.26 bits per heavy atom. The third kappa shape index (κ3) is 3.81. The van der Waals surface area contributed by atoms with E-state index in [9.17, 15) is 0 Å². The van der Waals surface area contributed by atoms with Crippen LogP contribution in [-0.4, -0.2) is 26.5 Å². The lowest BCUT2D eigenvalue weighted by Crippen LogP contribution is -2.22. The Morgan fingerprint density at radius 2 is 1.70 bits per heavy atom. The molecule has 5 nitrogen and oxygen atoms in total. The second-order valence-corrected chi connectivity index (χ2v) is 5.47. The molecule has 0 atom stereocenters. The third-order valence-corrected chi connectivity index (χ3v) is 4.14. The second-order valence-electron chi connectivity index (χ2n) is 5.47. The lowest BCUT2D eigenvalue weighted by Gasteiger charge is -2.25. The summed E-state index contributed by atoms with van der Waals surface area (Å²) in [4.78, 5) is 4.71. The van der Waals surface area contributed by atoms with Crippen LogP contribution in [0.3, 0.4) is 0 Å². The molecule has 0 N–H and O–H groups in total. The normalized spacial score (nSPS) is 12.8. The van der Waals surface area contributed by atoms with E-state index in [1.807, 2.05) is 12.1 Å². The molecule has 2 rings (SSSR count). The number of fused-ring (bicyclic) bond motifs is 1. The van der Waals surface area contributed by atoms with Crippen LogP contribution in [0.2, 0.25) is 0 Å². The largest absolute Gasteiger partial charge is 0.493 e. The summed E-state index contributed by atoms with van der Waals surface area (Å²) in [5.74, 6) is 1.53. The summed E-state index contributed by atoms with van der Waals surface area (Å²) in [7, 11) is 3.25. The molecule has 0 fully saturated rings. The Bertz CT molecular complexity index is 650. The van der Waals surface area contributed by atoms with Gasteiger partial charge < -0.3 is 9.47 Å². The first-order chi connectivity index (χ1) is 11.2. The van der Waals surface area contributed by atoms with Gasteiger partial charge in [-0.1, -0.05) is 0 Å². The molecule has 1 aromatic rings. The maximum atomic E-state index is 8.89. The van der Waals surface area contributed by atoms with E-state index in [1.54, 1.807) is 14.2 Å². The summed E-state index contributed by atoms with van der Waals surface area (Å²) in [6.45, 7) is 0.730. The molecular formula is C18H21N3O2. The molecular weight excluding hydrogens is 290 g/mol. The highest BCUT2D eigenvalue weighted by Gasteiger charge is 2.24. The van der Waals surface area contributed by atoms with E-state index in [0.717, 1.165) is 42.8 Å². The minimum absolute atomic E-state index is 0.131. The Balaban J connectivity index is 2.39. The first-order valence-corrected chi connectivity index (χ1v) is 7.78. The maximum Gasteiger partial charge on any atom is 0.161 e. The van der Waals surface area contributed by atoms with Crippen molar-refractivity contribution in [3.8, 4) is 23.6 Å². The van der Waals surface area contributed by atoms with Crippen LogP contribution in [0.5, 0.6) is 11.5 Å². The zero-order chi connectivity index (χ0) is 16.7. The molecule has 0 aliphatic carbocycles. The SMILES string of the molecule is COc1cc2c(cc1OC)C(C(CCC#N)CCC#N)=NCC2. The Hall–Kier alpha value is -2.53. The molecule has 0 aromatic heterocycles. The second kappa shape index (κ2) is 8.19. The number of nitrogens with zero attached hydrogens (tertiary/aromatic N) is 3. The third-order valence-electron chi connectivity index (χ3n) is 4.14. The van der Waals surface area contributed by atoms with E-state index >= 15 is 0 Å². The lowest BCUT2D eigenvalue weighted by molar-refractivity contribution is 0.354. The van der Waals surface area contributed by atoms with Gasteiger partial charge in [0.2, 0.25) is 0 Å². The highest BCUT2D eigenvalue weighted by atomic mass is 16.5. The van der Waals surface area contributed by atoms with Crippen LogP contribution in [-0.2, 0) is 6.42 Å². The molecule has 0 bridgehead atoms. The minimum Gasteiger partial charge on any atom is -0.493 e. The summed E-state index contributed by atoms with van der Waals surface area (Å²) < 4.78 is 10.8. The lowest BCUT2D eigenvalue weighted by atomic mass is 9.84.